The Morgan fingerprint density at radius 1 is 1.16 bits per heavy atom. The van der Waals surface area contributed by atoms with Crippen LogP contribution in [0.1, 0.15) is 24.1 Å². The number of nitriles is 1. The minimum Gasteiger partial charge on any atom is -0.324 e. The van der Waals surface area contributed by atoms with E-state index in [1.165, 1.54) is 0 Å². The van der Waals surface area contributed by atoms with E-state index in [4.69, 9.17) is 34.2 Å². The Bertz CT molecular complexity index is 658. The van der Waals surface area contributed by atoms with E-state index in [9.17, 15) is 0 Å². The molecular formula is C15H12Cl2N2. The minimum absolute atomic E-state index is 0.176. The van der Waals surface area contributed by atoms with Gasteiger partial charge in [0, 0.05) is 11.6 Å². The summed E-state index contributed by atoms with van der Waals surface area (Å²) in [6.45, 7) is 1.85. The highest BCUT2D eigenvalue weighted by atomic mass is 35.5. The molecule has 0 fully saturated rings. The van der Waals surface area contributed by atoms with Crippen molar-refractivity contribution in [3.05, 3.63) is 57.6 Å². The van der Waals surface area contributed by atoms with Crippen LogP contribution in [0.4, 0.5) is 0 Å². The molecular weight excluding hydrogens is 279 g/mol. The second-order valence-electron chi connectivity index (χ2n) is 4.31. The summed E-state index contributed by atoms with van der Waals surface area (Å²) in [5.74, 6) is 0. The molecule has 2 rings (SSSR count). The first-order chi connectivity index (χ1) is 9.04. The molecule has 2 aromatic rings. The Morgan fingerprint density at radius 2 is 1.89 bits per heavy atom. The molecule has 0 heterocycles. The Labute approximate surface area is 122 Å². The van der Waals surface area contributed by atoms with Crippen LogP contribution in [0.25, 0.3) is 11.1 Å². The average Bonchev–Trinajstić information content (AvgIpc) is 2.41. The first-order valence-electron chi connectivity index (χ1n) is 5.78. The van der Waals surface area contributed by atoms with Gasteiger partial charge < -0.3 is 5.73 Å². The number of rotatable bonds is 2. The van der Waals surface area contributed by atoms with Crippen LogP contribution in [0.15, 0.2) is 36.4 Å². The van der Waals surface area contributed by atoms with Crippen LogP contribution in [0, 0.1) is 11.3 Å². The quantitative estimate of drug-likeness (QED) is 0.882. The van der Waals surface area contributed by atoms with Crippen LogP contribution in [0.2, 0.25) is 10.0 Å². The SMILES string of the molecule is CC(N)c1ccc(-c2cccc(C#N)c2)c(Cl)c1Cl. The third-order valence-corrected chi connectivity index (χ3v) is 3.80. The van der Waals surface area contributed by atoms with Gasteiger partial charge in [-0.05, 0) is 30.2 Å². The van der Waals surface area contributed by atoms with Crippen LogP contribution in [-0.4, -0.2) is 0 Å². The van der Waals surface area contributed by atoms with Gasteiger partial charge in [0.25, 0.3) is 0 Å². The molecule has 2 N–H and O–H groups in total. The van der Waals surface area contributed by atoms with Crippen molar-refractivity contribution < 1.29 is 0 Å². The summed E-state index contributed by atoms with van der Waals surface area (Å²) in [5.41, 5.74) is 8.89. The normalized spacial score (nSPS) is 11.9. The largest absolute Gasteiger partial charge is 0.324 e. The lowest BCUT2D eigenvalue weighted by Crippen LogP contribution is -2.05. The lowest BCUT2D eigenvalue weighted by atomic mass is 10.00. The molecule has 1 atom stereocenters. The van der Waals surface area contributed by atoms with Crippen molar-refractivity contribution in [3.8, 4) is 17.2 Å². The Hall–Kier alpha value is -1.53. The zero-order chi connectivity index (χ0) is 14.0. The van der Waals surface area contributed by atoms with Crippen molar-refractivity contribution >= 4 is 23.2 Å². The molecule has 0 saturated heterocycles. The Morgan fingerprint density at radius 3 is 2.53 bits per heavy atom. The molecule has 4 heteroatoms. The third kappa shape index (κ3) is 2.74. The van der Waals surface area contributed by atoms with Crippen molar-refractivity contribution in [2.45, 2.75) is 13.0 Å². The zero-order valence-electron chi connectivity index (χ0n) is 10.3. The maximum Gasteiger partial charge on any atom is 0.0991 e. The summed E-state index contributed by atoms with van der Waals surface area (Å²) in [6.07, 6.45) is 0. The van der Waals surface area contributed by atoms with Gasteiger partial charge in [-0.25, -0.2) is 0 Å². The number of halogens is 2. The number of nitrogens with zero attached hydrogens (tertiary/aromatic N) is 1. The highest BCUT2D eigenvalue weighted by Gasteiger charge is 2.13. The number of hydrogen-bond donors (Lipinski definition) is 1. The average molecular weight is 291 g/mol. The van der Waals surface area contributed by atoms with E-state index in [0.29, 0.717) is 15.6 Å². The van der Waals surface area contributed by atoms with E-state index in [2.05, 4.69) is 6.07 Å². The van der Waals surface area contributed by atoms with Gasteiger partial charge in [0.05, 0.1) is 21.7 Å². The fourth-order valence-corrected chi connectivity index (χ4v) is 2.51. The summed E-state index contributed by atoms with van der Waals surface area (Å²) in [4.78, 5) is 0. The van der Waals surface area contributed by atoms with Crippen LogP contribution in [-0.2, 0) is 0 Å². The van der Waals surface area contributed by atoms with Crippen molar-refractivity contribution in [3.63, 3.8) is 0 Å². The van der Waals surface area contributed by atoms with E-state index >= 15 is 0 Å². The van der Waals surface area contributed by atoms with Gasteiger partial charge >= 0.3 is 0 Å². The number of hydrogen-bond acceptors (Lipinski definition) is 2. The van der Waals surface area contributed by atoms with E-state index in [0.717, 1.165) is 16.7 Å². The highest BCUT2D eigenvalue weighted by molar-refractivity contribution is 6.44. The molecule has 2 nitrogen and oxygen atoms in total. The van der Waals surface area contributed by atoms with Gasteiger partial charge in [-0.2, -0.15) is 5.26 Å². The van der Waals surface area contributed by atoms with E-state index in [1.807, 2.05) is 31.2 Å². The predicted octanol–water partition coefficient (Wildman–Crippen LogP) is 4.55. The monoisotopic (exact) mass is 290 g/mol. The van der Waals surface area contributed by atoms with E-state index in [1.54, 1.807) is 12.1 Å². The van der Waals surface area contributed by atoms with Gasteiger partial charge in [0.2, 0.25) is 0 Å². The molecule has 19 heavy (non-hydrogen) atoms. The molecule has 0 aliphatic rings. The lowest BCUT2D eigenvalue weighted by molar-refractivity contribution is 0.819. The van der Waals surface area contributed by atoms with E-state index in [-0.39, 0.29) is 6.04 Å². The molecule has 0 aliphatic heterocycles. The van der Waals surface area contributed by atoms with Gasteiger partial charge in [-0.1, -0.05) is 47.5 Å². The van der Waals surface area contributed by atoms with Gasteiger partial charge in [-0.15, -0.1) is 0 Å². The number of nitrogens with two attached hydrogens (primary N) is 1. The molecule has 2 aromatic carbocycles. The molecule has 0 bridgehead atoms. The maximum atomic E-state index is 8.92. The van der Waals surface area contributed by atoms with Crippen LogP contribution in [0.5, 0.6) is 0 Å². The van der Waals surface area contributed by atoms with Crippen LogP contribution in [0.3, 0.4) is 0 Å². The summed E-state index contributed by atoms with van der Waals surface area (Å²) < 4.78 is 0. The minimum atomic E-state index is -0.176. The van der Waals surface area contributed by atoms with Crippen molar-refractivity contribution in [2.24, 2.45) is 5.73 Å². The summed E-state index contributed by atoms with van der Waals surface area (Å²) >= 11 is 12.5. The third-order valence-electron chi connectivity index (χ3n) is 2.91. The fourth-order valence-electron chi connectivity index (χ4n) is 1.90. The van der Waals surface area contributed by atoms with Crippen molar-refractivity contribution in [1.82, 2.24) is 0 Å². The summed E-state index contributed by atoms with van der Waals surface area (Å²) in [7, 11) is 0. The number of benzene rings is 2. The molecule has 0 aliphatic carbocycles. The topological polar surface area (TPSA) is 49.8 Å². The summed E-state index contributed by atoms with van der Waals surface area (Å²) in [6, 6.07) is 12.9. The van der Waals surface area contributed by atoms with Crippen LogP contribution >= 0.6 is 23.2 Å². The second kappa shape index (κ2) is 5.63. The molecule has 0 saturated carbocycles. The molecule has 0 spiro atoms. The lowest BCUT2D eigenvalue weighted by Gasteiger charge is -2.13. The zero-order valence-corrected chi connectivity index (χ0v) is 11.8. The second-order valence-corrected chi connectivity index (χ2v) is 5.07. The molecule has 0 radical (unpaired) electrons. The van der Waals surface area contributed by atoms with Crippen molar-refractivity contribution in [1.29, 1.82) is 5.26 Å². The smallest absolute Gasteiger partial charge is 0.0991 e. The van der Waals surface area contributed by atoms with Crippen molar-refractivity contribution in [2.75, 3.05) is 0 Å². The van der Waals surface area contributed by atoms with Gasteiger partial charge in [0.15, 0.2) is 0 Å². The summed E-state index contributed by atoms with van der Waals surface area (Å²) in [5, 5.41) is 9.86. The van der Waals surface area contributed by atoms with Gasteiger partial charge in [0.1, 0.15) is 0 Å². The Kier molecular flexibility index (Phi) is 4.11. The molecule has 0 amide bonds. The predicted molar refractivity (Wildman–Crippen MR) is 79.2 cm³/mol. The first kappa shape index (κ1) is 13.9. The molecule has 0 aromatic heterocycles. The highest BCUT2D eigenvalue weighted by Crippen LogP contribution is 2.37. The fraction of sp³-hybridized carbons (Fsp3) is 0.133. The Balaban J connectivity index is 2.58. The molecule has 1 unspecified atom stereocenters. The molecule has 96 valence electrons. The van der Waals surface area contributed by atoms with E-state index < -0.39 is 0 Å². The standard InChI is InChI=1S/C15H12Cl2N2/c1-9(19)12-5-6-13(15(17)14(12)16)11-4-2-3-10(7-11)8-18/h2-7,9H,19H2,1H3. The van der Waals surface area contributed by atoms with Gasteiger partial charge in [-0.3, -0.25) is 0 Å². The first-order valence-corrected chi connectivity index (χ1v) is 6.54. The maximum absolute atomic E-state index is 8.92. The van der Waals surface area contributed by atoms with Crippen LogP contribution < -0.4 is 5.73 Å².